The maximum Gasteiger partial charge on any atom is 1.00 e. The van der Waals surface area contributed by atoms with Crippen LogP contribution in [-0.4, -0.2) is 37.4 Å². The number of amides is 1. The topological polar surface area (TPSA) is 116 Å². The average molecular weight is 342 g/mol. The molecule has 9 heteroatoms. The normalized spacial score (nSPS) is 17.5. The number of carbonyl (C=O) groups excluding carboxylic acids is 2. The maximum atomic E-state index is 11.7. The van der Waals surface area contributed by atoms with E-state index in [2.05, 4.69) is 22.7 Å². The van der Waals surface area contributed by atoms with Crippen molar-refractivity contribution in [2.75, 3.05) is 6.54 Å². The zero-order valence-corrected chi connectivity index (χ0v) is 16.1. The third-order valence-electron chi connectivity index (χ3n) is 3.16. The second kappa shape index (κ2) is 10.2. The molecule has 0 aromatic heterocycles. The molecule has 1 fully saturated rings. The Kier molecular flexibility index (Phi) is 10.9. The maximum absolute atomic E-state index is 11.7. The Balaban J connectivity index is -0.000000421. The van der Waals surface area contributed by atoms with Crippen LogP contribution in [0, 0.1) is 0 Å². The fourth-order valence-electron chi connectivity index (χ4n) is 1.53. The third kappa shape index (κ3) is 5.85. The summed E-state index contributed by atoms with van der Waals surface area (Å²) in [7, 11) is -4.15. The Morgan fingerprint density at radius 1 is 1.55 bits per heavy atom. The van der Waals surface area contributed by atoms with E-state index in [1.165, 1.54) is 13.8 Å². The summed E-state index contributed by atoms with van der Waals surface area (Å²) >= 11 is 0. The summed E-state index contributed by atoms with van der Waals surface area (Å²) in [5.41, 5.74) is 5.50. The Morgan fingerprint density at radius 3 is 2.32 bits per heavy atom. The molecular formula is C13H23N2NaO5S. The molecule has 1 heterocycles. The molecule has 0 radical (unpaired) electrons. The molecule has 22 heavy (non-hydrogen) atoms. The van der Waals surface area contributed by atoms with Crippen molar-refractivity contribution in [2.45, 2.75) is 37.5 Å². The molecule has 1 aliphatic heterocycles. The zero-order chi connectivity index (χ0) is 16.7. The quantitative estimate of drug-likeness (QED) is 0.236. The summed E-state index contributed by atoms with van der Waals surface area (Å²) in [6, 6.07) is -0.923. The van der Waals surface area contributed by atoms with Crippen molar-refractivity contribution in [3.63, 3.8) is 0 Å². The van der Waals surface area contributed by atoms with Gasteiger partial charge in [0.05, 0.1) is 6.26 Å². The average Bonchev–Trinajstić information content (AvgIpc) is 2.88. The molecular weight excluding hydrogens is 319 g/mol. The molecule has 1 saturated heterocycles. The van der Waals surface area contributed by atoms with Crippen LogP contribution in [0.4, 0.5) is 0 Å². The van der Waals surface area contributed by atoms with Crippen LogP contribution >= 0.6 is 0 Å². The summed E-state index contributed by atoms with van der Waals surface area (Å²) < 4.78 is 25.8. The summed E-state index contributed by atoms with van der Waals surface area (Å²) in [5.74, 6) is -0.505. The van der Waals surface area contributed by atoms with Crippen LogP contribution in [0.2, 0.25) is 0 Å². The van der Waals surface area contributed by atoms with Crippen LogP contribution in [0.5, 0.6) is 0 Å². The van der Waals surface area contributed by atoms with E-state index in [1.807, 2.05) is 0 Å². The number of nitrogens with two attached hydrogens (primary N) is 1. The molecule has 0 spiro atoms. The fraction of sp³-hybridized carbons (Fsp3) is 0.538. The molecule has 7 nitrogen and oxygen atoms in total. The van der Waals surface area contributed by atoms with Crippen molar-refractivity contribution in [2.24, 2.45) is 5.73 Å². The van der Waals surface area contributed by atoms with Gasteiger partial charge < -0.3 is 16.7 Å². The van der Waals surface area contributed by atoms with Gasteiger partial charge in [-0.05, 0) is 26.3 Å². The molecule has 1 rings (SSSR count). The summed E-state index contributed by atoms with van der Waals surface area (Å²) in [4.78, 5) is 21.6. The Bertz CT molecular complexity index is 516. The molecule has 3 N–H and O–H groups in total. The van der Waals surface area contributed by atoms with E-state index < -0.39 is 26.7 Å². The van der Waals surface area contributed by atoms with Gasteiger partial charge in [0.1, 0.15) is 0 Å². The number of hydrogen-bond acceptors (Lipinski definition) is 6. The summed E-state index contributed by atoms with van der Waals surface area (Å²) in [6.45, 7) is 9.85. The number of ketones is 1. The first kappa shape index (κ1) is 23.6. The van der Waals surface area contributed by atoms with Gasteiger partial charge in [-0.1, -0.05) is 13.2 Å². The van der Waals surface area contributed by atoms with E-state index in [4.69, 9.17) is 5.73 Å². The number of nitrogens with one attached hydrogen (secondary N) is 1. The summed E-state index contributed by atoms with van der Waals surface area (Å²) in [5, 5.41) is 2.68. The van der Waals surface area contributed by atoms with Crippen LogP contribution in [0.15, 0.2) is 25.5 Å². The van der Waals surface area contributed by atoms with E-state index in [0.717, 1.165) is 31.7 Å². The Labute approximate surface area is 155 Å². The van der Waals surface area contributed by atoms with Crippen LogP contribution in [0.3, 0.4) is 0 Å². The molecule has 1 aliphatic rings. The molecule has 0 aromatic carbocycles. The minimum atomic E-state index is -4.15. The second-order valence-electron chi connectivity index (χ2n) is 4.63. The van der Waals surface area contributed by atoms with E-state index in [1.54, 1.807) is 0 Å². The van der Waals surface area contributed by atoms with Crippen LogP contribution in [-0.2, 0) is 23.9 Å². The molecule has 2 unspecified atom stereocenters. The van der Waals surface area contributed by atoms with Gasteiger partial charge in [-0.25, -0.2) is 0 Å². The van der Waals surface area contributed by atoms with Crippen LogP contribution in [0.25, 0.3) is 0 Å². The van der Waals surface area contributed by atoms with Gasteiger partial charge in [0.2, 0.25) is 5.91 Å². The first-order valence-electron chi connectivity index (χ1n) is 6.36. The molecule has 0 aromatic rings. The molecule has 1 amide bonds. The number of carbonyl (C=O) groups is 2. The summed E-state index contributed by atoms with van der Waals surface area (Å²) in [6.07, 6.45) is 3.42. The van der Waals surface area contributed by atoms with Crippen molar-refractivity contribution >= 4 is 21.8 Å². The zero-order valence-electron chi connectivity index (χ0n) is 14.3. The smallest absolute Gasteiger partial charge is 1.00 e. The van der Waals surface area contributed by atoms with Gasteiger partial charge in [0.25, 0.3) is 0 Å². The number of hydrogen-bond donors (Lipinski definition) is 2. The molecule has 0 aliphatic carbocycles. The van der Waals surface area contributed by atoms with E-state index in [-0.39, 0.29) is 36.9 Å². The van der Waals surface area contributed by atoms with E-state index in [0.29, 0.717) is 0 Å². The third-order valence-corrected chi connectivity index (χ3v) is 5.16. The first-order chi connectivity index (χ1) is 9.63. The van der Waals surface area contributed by atoms with Crippen LogP contribution < -0.4 is 40.6 Å². The molecule has 0 saturated carbocycles. The van der Waals surface area contributed by atoms with Gasteiger partial charge in [0, 0.05) is 19.0 Å². The first-order valence-corrected chi connectivity index (χ1v) is 7.77. The van der Waals surface area contributed by atoms with Gasteiger partial charge in [-0.15, -0.1) is 0 Å². The van der Waals surface area contributed by atoms with Gasteiger partial charge >= 0.3 is 39.7 Å². The van der Waals surface area contributed by atoms with Crippen molar-refractivity contribution < 1.29 is 53.2 Å². The standard InChI is InChI=1S/C9H15NO4S.C4H7NO.Na.H/c1-5-8(11)9(4,7(3)10)15(12,13)14-6-2;6-4-2-1-3-5-4;;/h5-7H,1-2,10H2,3-4H3;1-3H2,(H,5,6);;/q;;+1;-1. The Hall–Kier alpha value is -0.670. The number of rotatable bonds is 6. The minimum Gasteiger partial charge on any atom is -1.00 e. The molecule has 0 bridgehead atoms. The predicted molar refractivity (Wildman–Crippen MR) is 80.8 cm³/mol. The van der Waals surface area contributed by atoms with Crippen LogP contribution in [0.1, 0.15) is 28.1 Å². The van der Waals surface area contributed by atoms with Crippen molar-refractivity contribution in [1.29, 1.82) is 0 Å². The molecule has 2 atom stereocenters. The van der Waals surface area contributed by atoms with Gasteiger partial charge in [0.15, 0.2) is 10.5 Å². The monoisotopic (exact) mass is 342 g/mol. The van der Waals surface area contributed by atoms with E-state index in [9.17, 15) is 18.0 Å². The predicted octanol–water partition coefficient (Wildman–Crippen LogP) is -2.65. The second-order valence-corrected chi connectivity index (χ2v) is 6.58. The number of allylic oxidation sites excluding steroid dienone is 1. The molecule has 122 valence electrons. The van der Waals surface area contributed by atoms with Gasteiger partial charge in [-0.2, -0.15) is 8.42 Å². The fourth-order valence-corrected chi connectivity index (χ4v) is 2.70. The van der Waals surface area contributed by atoms with Crippen molar-refractivity contribution in [1.82, 2.24) is 5.32 Å². The minimum absolute atomic E-state index is 0. The van der Waals surface area contributed by atoms with Crippen molar-refractivity contribution in [3.8, 4) is 0 Å². The largest absolute Gasteiger partial charge is 1.00 e. The van der Waals surface area contributed by atoms with E-state index >= 15 is 0 Å². The Morgan fingerprint density at radius 2 is 2.09 bits per heavy atom. The van der Waals surface area contributed by atoms with Crippen molar-refractivity contribution in [3.05, 3.63) is 25.5 Å². The van der Waals surface area contributed by atoms with Gasteiger partial charge in [-0.3, -0.25) is 9.59 Å². The SMILES string of the molecule is C=COS(=O)(=O)C(C)(C(=O)C=C)C(C)N.O=C1CCCN1.[H-].[Na+].